The van der Waals surface area contributed by atoms with Crippen LogP contribution in [-0.4, -0.2) is 31.1 Å². The molecule has 0 aromatic carbocycles. The van der Waals surface area contributed by atoms with E-state index in [0.29, 0.717) is 6.61 Å². The number of ketones is 1. The van der Waals surface area contributed by atoms with Gasteiger partial charge in [0.15, 0.2) is 5.78 Å². The lowest BCUT2D eigenvalue weighted by atomic mass is 9.85. The minimum absolute atomic E-state index is 0.0416. The maximum absolute atomic E-state index is 11.5. The molecule has 18 heavy (non-hydrogen) atoms. The highest BCUT2D eigenvalue weighted by Crippen LogP contribution is 2.28. The second kappa shape index (κ2) is 8.25. The van der Waals surface area contributed by atoms with Gasteiger partial charge in [0.25, 0.3) is 0 Å². The summed E-state index contributed by atoms with van der Waals surface area (Å²) in [7, 11) is 0. The van der Waals surface area contributed by atoms with Gasteiger partial charge in [-0.2, -0.15) is 0 Å². The largest absolute Gasteiger partial charge is 0.466 e. The lowest BCUT2D eigenvalue weighted by Crippen LogP contribution is -2.26. The summed E-state index contributed by atoms with van der Waals surface area (Å²) in [5.74, 6) is 0.0807. The van der Waals surface area contributed by atoms with Gasteiger partial charge in [-0.25, -0.2) is 0 Å². The van der Waals surface area contributed by atoms with E-state index in [1.165, 1.54) is 19.3 Å². The van der Waals surface area contributed by atoms with Crippen molar-refractivity contribution in [1.29, 1.82) is 0 Å². The molecular weight excluding hydrogens is 232 g/mol. The number of Topliss-reactive ketones (excluding diaryl/α,β-unsaturated/α-hetero) is 1. The van der Waals surface area contributed by atoms with Crippen molar-refractivity contribution in [2.45, 2.75) is 58.5 Å². The van der Waals surface area contributed by atoms with Crippen molar-refractivity contribution in [3.63, 3.8) is 0 Å². The molecule has 0 N–H and O–H groups in total. The molecule has 1 rings (SSSR count). The Bertz CT molecular complexity index is 275. The van der Waals surface area contributed by atoms with E-state index in [4.69, 9.17) is 9.47 Å². The summed E-state index contributed by atoms with van der Waals surface area (Å²) >= 11 is 0. The predicted octanol–water partition coefficient (Wildman–Crippen LogP) is 2.49. The normalized spacial score (nSPS) is 23.7. The summed E-state index contributed by atoms with van der Waals surface area (Å²) < 4.78 is 10.3. The van der Waals surface area contributed by atoms with Crippen molar-refractivity contribution in [3.8, 4) is 0 Å². The standard InChI is InChI=1S/C14H24O4/c1-3-11-6-5-7-13(8-11)18-10-12(15)9-14(16)17-4-2/h11,13H,3-10H2,1-2H3. The Hall–Kier alpha value is -0.900. The lowest BCUT2D eigenvalue weighted by Gasteiger charge is -2.28. The molecule has 1 saturated carbocycles. The van der Waals surface area contributed by atoms with Crippen molar-refractivity contribution in [2.24, 2.45) is 5.92 Å². The van der Waals surface area contributed by atoms with Crippen LogP contribution in [0.2, 0.25) is 0 Å². The Morgan fingerprint density at radius 3 is 2.67 bits per heavy atom. The third-order valence-corrected chi connectivity index (χ3v) is 3.44. The molecular formula is C14H24O4. The van der Waals surface area contributed by atoms with Crippen LogP contribution in [0, 0.1) is 5.92 Å². The molecule has 0 spiro atoms. The van der Waals surface area contributed by atoms with Crippen molar-refractivity contribution >= 4 is 11.8 Å². The van der Waals surface area contributed by atoms with Gasteiger partial charge in [-0.05, 0) is 25.7 Å². The van der Waals surface area contributed by atoms with E-state index in [-0.39, 0.29) is 24.9 Å². The van der Waals surface area contributed by atoms with Crippen LogP contribution in [0.5, 0.6) is 0 Å². The fraction of sp³-hybridized carbons (Fsp3) is 0.857. The molecule has 0 amide bonds. The van der Waals surface area contributed by atoms with Gasteiger partial charge in [0.2, 0.25) is 0 Å². The van der Waals surface area contributed by atoms with Gasteiger partial charge < -0.3 is 9.47 Å². The first-order valence-electron chi connectivity index (χ1n) is 6.94. The highest BCUT2D eigenvalue weighted by molar-refractivity contribution is 5.96. The van der Waals surface area contributed by atoms with Crippen LogP contribution in [0.15, 0.2) is 0 Å². The molecule has 0 radical (unpaired) electrons. The molecule has 4 heteroatoms. The molecule has 0 aromatic rings. The monoisotopic (exact) mass is 256 g/mol. The summed E-state index contributed by atoms with van der Waals surface area (Å²) in [6.07, 6.45) is 5.72. The highest BCUT2D eigenvalue weighted by atomic mass is 16.5. The molecule has 2 atom stereocenters. The zero-order chi connectivity index (χ0) is 13.4. The average Bonchev–Trinajstić information content (AvgIpc) is 2.37. The fourth-order valence-corrected chi connectivity index (χ4v) is 2.40. The molecule has 0 heterocycles. The van der Waals surface area contributed by atoms with Crippen molar-refractivity contribution in [3.05, 3.63) is 0 Å². The number of hydrogen-bond donors (Lipinski definition) is 0. The molecule has 0 saturated heterocycles. The summed E-state index contributed by atoms with van der Waals surface area (Å²) in [4.78, 5) is 22.6. The molecule has 0 bridgehead atoms. The molecule has 1 fully saturated rings. The molecule has 2 unspecified atom stereocenters. The first-order chi connectivity index (χ1) is 8.65. The van der Waals surface area contributed by atoms with Crippen LogP contribution in [0.3, 0.4) is 0 Å². The number of carbonyl (C=O) groups excluding carboxylic acids is 2. The van der Waals surface area contributed by atoms with Crippen LogP contribution in [0.25, 0.3) is 0 Å². The molecule has 4 nitrogen and oxygen atoms in total. The molecule has 0 aliphatic heterocycles. The Labute approximate surface area is 109 Å². The molecule has 1 aliphatic carbocycles. The van der Waals surface area contributed by atoms with Crippen LogP contribution in [0.4, 0.5) is 0 Å². The quantitative estimate of drug-likeness (QED) is 0.519. The third-order valence-electron chi connectivity index (χ3n) is 3.44. The predicted molar refractivity (Wildman–Crippen MR) is 68.2 cm³/mol. The smallest absolute Gasteiger partial charge is 0.313 e. The topological polar surface area (TPSA) is 52.6 Å². The first kappa shape index (κ1) is 15.2. The van der Waals surface area contributed by atoms with Crippen LogP contribution < -0.4 is 0 Å². The van der Waals surface area contributed by atoms with Gasteiger partial charge in [-0.1, -0.05) is 26.2 Å². The van der Waals surface area contributed by atoms with E-state index in [1.54, 1.807) is 6.92 Å². The van der Waals surface area contributed by atoms with Crippen molar-refractivity contribution in [1.82, 2.24) is 0 Å². The summed E-state index contributed by atoms with van der Waals surface area (Å²) in [5.41, 5.74) is 0. The lowest BCUT2D eigenvalue weighted by molar-refractivity contribution is -0.147. The van der Waals surface area contributed by atoms with Gasteiger partial charge in [-0.3, -0.25) is 9.59 Å². The number of carbonyl (C=O) groups is 2. The first-order valence-corrected chi connectivity index (χ1v) is 6.94. The van der Waals surface area contributed by atoms with Crippen LogP contribution >= 0.6 is 0 Å². The minimum atomic E-state index is -0.457. The average molecular weight is 256 g/mol. The number of esters is 1. The molecule has 104 valence electrons. The molecule has 1 aliphatic rings. The minimum Gasteiger partial charge on any atom is -0.466 e. The fourth-order valence-electron chi connectivity index (χ4n) is 2.40. The number of hydrogen-bond acceptors (Lipinski definition) is 4. The SMILES string of the molecule is CCOC(=O)CC(=O)COC1CCCC(CC)C1. The van der Waals surface area contributed by atoms with Crippen molar-refractivity contribution in [2.75, 3.05) is 13.2 Å². The van der Waals surface area contributed by atoms with Gasteiger partial charge in [0.05, 0.1) is 12.7 Å². The summed E-state index contributed by atoms with van der Waals surface area (Å²) in [5, 5.41) is 0. The Morgan fingerprint density at radius 1 is 1.22 bits per heavy atom. The Balaban J connectivity index is 2.19. The van der Waals surface area contributed by atoms with Gasteiger partial charge in [-0.15, -0.1) is 0 Å². The van der Waals surface area contributed by atoms with Gasteiger partial charge in [0.1, 0.15) is 13.0 Å². The van der Waals surface area contributed by atoms with E-state index in [2.05, 4.69) is 6.92 Å². The van der Waals surface area contributed by atoms with E-state index in [1.807, 2.05) is 0 Å². The van der Waals surface area contributed by atoms with E-state index < -0.39 is 5.97 Å². The van der Waals surface area contributed by atoms with Crippen molar-refractivity contribution < 1.29 is 19.1 Å². The zero-order valence-corrected chi connectivity index (χ0v) is 11.4. The van der Waals surface area contributed by atoms with Gasteiger partial charge in [0, 0.05) is 0 Å². The summed E-state index contributed by atoms with van der Waals surface area (Å²) in [6.45, 7) is 4.28. The maximum Gasteiger partial charge on any atom is 0.313 e. The van der Waals surface area contributed by atoms with Crippen LogP contribution in [-0.2, 0) is 19.1 Å². The Morgan fingerprint density at radius 2 is 2.00 bits per heavy atom. The van der Waals surface area contributed by atoms with Crippen LogP contribution in [0.1, 0.15) is 52.4 Å². The third kappa shape index (κ3) is 5.63. The zero-order valence-electron chi connectivity index (χ0n) is 11.4. The number of rotatable bonds is 7. The van der Waals surface area contributed by atoms with E-state index in [9.17, 15) is 9.59 Å². The Kier molecular flexibility index (Phi) is 6.94. The maximum atomic E-state index is 11.5. The van der Waals surface area contributed by atoms with E-state index in [0.717, 1.165) is 18.8 Å². The van der Waals surface area contributed by atoms with E-state index >= 15 is 0 Å². The molecule has 0 aromatic heterocycles. The number of ether oxygens (including phenoxy) is 2. The summed E-state index contributed by atoms with van der Waals surface area (Å²) in [6, 6.07) is 0. The highest BCUT2D eigenvalue weighted by Gasteiger charge is 2.22. The second-order valence-electron chi connectivity index (χ2n) is 4.89. The van der Waals surface area contributed by atoms with Gasteiger partial charge >= 0.3 is 5.97 Å². The second-order valence-corrected chi connectivity index (χ2v) is 4.89.